The van der Waals surface area contributed by atoms with Crippen LogP contribution in [0, 0.1) is 35.5 Å². The molecule has 0 aliphatic heterocycles. The fraction of sp³-hybridized carbons (Fsp3) is 0.520. The summed E-state index contributed by atoms with van der Waals surface area (Å²) in [5, 5.41) is 8.78. The maximum absolute atomic E-state index is 13.4. The van der Waals surface area contributed by atoms with Gasteiger partial charge in [0.1, 0.15) is 5.03 Å². The predicted octanol–water partition coefficient (Wildman–Crippen LogP) is 4.00. The van der Waals surface area contributed by atoms with Gasteiger partial charge in [-0.1, -0.05) is 11.8 Å². The summed E-state index contributed by atoms with van der Waals surface area (Å²) in [6.07, 6.45) is 6.87. The van der Waals surface area contributed by atoms with E-state index in [1.807, 2.05) is 6.07 Å². The zero-order chi connectivity index (χ0) is 24.7. The minimum absolute atomic E-state index is 0.00444. The number of nitrogens with zero attached hydrogens (tertiary/aromatic N) is 1. The number of hydrogen-bond acceptors (Lipinski definition) is 4. The van der Waals surface area contributed by atoms with E-state index >= 15 is 0 Å². The van der Waals surface area contributed by atoms with Gasteiger partial charge in [0, 0.05) is 31.0 Å². The molecule has 0 saturated heterocycles. The number of nitrogens with one attached hydrogen (secondary N) is 3. The molecule has 35 heavy (non-hydrogen) atoms. The number of alkyl halides is 3. The number of thioether (sulfide) groups is 1. The lowest BCUT2D eigenvalue weighted by molar-refractivity contribution is -0.126. The summed E-state index contributed by atoms with van der Waals surface area (Å²) in [6.45, 7) is -0.00559. The first kappa shape index (κ1) is 23.9. The maximum atomic E-state index is 13.4. The standard InChI is InChI=1S/C25H27F3N4O2S/c1-29-22(33)17-13-18(17)23(34)30-10-2-4-15-12-21-20(31-19-9-7-14-6-8-16(14)19)5-3-11-32(21)24(15)35-25(26,27)28/h3,5,11-12,14,16-19,31H,6-10,13H2,1H3,(H,29,33)(H,30,34)/t14?,16-,17?,18-,19+/m0/s1. The fourth-order valence-corrected chi connectivity index (χ4v) is 6.13. The van der Waals surface area contributed by atoms with Gasteiger partial charge in [-0.05, 0) is 62.1 Å². The van der Waals surface area contributed by atoms with Gasteiger partial charge in [0.15, 0.2) is 0 Å². The lowest BCUT2D eigenvalue weighted by Crippen LogP contribution is -2.33. The molecule has 3 fully saturated rings. The van der Waals surface area contributed by atoms with Crippen LogP contribution in [0.4, 0.5) is 18.9 Å². The van der Waals surface area contributed by atoms with Crippen molar-refractivity contribution in [3.8, 4) is 11.8 Å². The first-order chi connectivity index (χ1) is 16.7. The molecule has 3 aliphatic rings. The molecule has 6 nitrogen and oxygen atoms in total. The van der Waals surface area contributed by atoms with Crippen LogP contribution < -0.4 is 16.0 Å². The summed E-state index contributed by atoms with van der Waals surface area (Å²) in [4.78, 5) is 23.8. The average Bonchev–Trinajstić information content (AvgIpc) is 3.45. The third-order valence-electron chi connectivity index (χ3n) is 7.44. The van der Waals surface area contributed by atoms with E-state index in [2.05, 4.69) is 27.8 Å². The number of carbonyl (C=O) groups is 2. The molecule has 2 amide bonds. The van der Waals surface area contributed by atoms with Crippen molar-refractivity contribution in [2.75, 3.05) is 18.9 Å². The summed E-state index contributed by atoms with van der Waals surface area (Å²) in [7, 11) is 1.53. The number of halogens is 3. The molecule has 0 aromatic carbocycles. The van der Waals surface area contributed by atoms with Gasteiger partial charge in [0.05, 0.1) is 35.1 Å². The number of pyridine rings is 1. The average molecular weight is 505 g/mol. The molecule has 2 aromatic rings. The molecule has 186 valence electrons. The van der Waals surface area contributed by atoms with E-state index in [0.29, 0.717) is 23.9 Å². The Labute approximate surface area is 205 Å². The zero-order valence-corrected chi connectivity index (χ0v) is 20.1. The normalized spacial score (nSPS) is 26.8. The molecular weight excluding hydrogens is 477 g/mol. The number of rotatable bonds is 6. The molecular formula is C25H27F3N4O2S. The van der Waals surface area contributed by atoms with Gasteiger partial charge in [0.2, 0.25) is 11.8 Å². The Hall–Kier alpha value is -2.80. The molecule has 0 bridgehead atoms. The van der Waals surface area contributed by atoms with Crippen molar-refractivity contribution in [1.82, 2.24) is 15.0 Å². The van der Waals surface area contributed by atoms with Crippen molar-refractivity contribution < 1.29 is 22.8 Å². The van der Waals surface area contributed by atoms with Crippen LogP contribution in [0.3, 0.4) is 0 Å². The third kappa shape index (κ3) is 4.96. The molecule has 5 atom stereocenters. The number of carbonyl (C=O) groups excluding carboxylic acids is 2. The van der Waals surface area contributed by atoms with Gasteiger partial charge in [-0.15, -0.1) is 0 Å². The molecule has 10 heteroatoms. The number of aromatic nitrogens is 1. The van der Waals surface area contributed by atoms with Crippen molar-refractivity contribution in [2.24, 2.45) is 23.7 Å². The second-order valence-electron chi connectivity index (χ2n) is 9.50. The van der Waals surface area contributed by atoms with Crippen molar-refractivity contribution in [3.05, 3.63) is 30.0 Å². The largest absolute Gasteiger partial charge is 0.447 e. The summed E-state index contributed by atoms with van der Waals surface area (Å²) in [5.74, 6) is 5.89. The summed E-state index contributed by atoms with van der Waals surface area (Å²) in [6, 6.07) is 5.68. The second-order valence-corrected chi connectivity index (χ2v) is 10.6. The van der Waals surface area contributed by atoms with E-state index in [-0.39, 0.29) is 52.5 Å². The van der Waals surface area contributed by atoms with Crippen LogP contribution in [-0.2, 0) is 9.59 Å². The van der Waals surface area contributed by atoms with Crippen molar-refractivity contribution in [3.63, 3.8) is 0 Å². The van der Waals surface area contributed by atoms with E-state index in [4.69, 9.17) is 0 Å². The Balaban J connectivity index is 1.34. The van der Waals surface area contributed by atoms with Crippen LogP contribution in [0.1, 0.15) is 37.7 Å². The zero-order valence-electron chi connectivity index (χ0n) is 19.2. The highest BCUT2D eigenvalue weighted by Gasteiger charge is 2.47. The Bertz CT molecular complexity index is 1210. The highest BCUT2D eigenvalue weighted by Crippen LogP contribution is 2.48. The Morgan fingerprint density at radius 1 is 1.17 bits per heavy atom. The topological polar surface area (TPSA) is 74.6 Å². The Morgan fingerprint density at radius 3 is 2.63 bits per heavy atom. The molecule has 2 aromatic heterocycles. The molecule has 3 aliphatic carbocycles. The molecule has 2 heterocycles. The van der Waals surface area contributed by atoms with E-state index in [9.17, 15) is 22.8 Å². The van der Waals surface area contributed by atoms with Crippen LogP contribution in [0.15, 0.2) is 29.4 Å². The lowest BCUT2D eigenvalue weighted by Gasteiger charge is -2.34. The number of hydrogen-bond donors (Lipinski definition) is 3. The van der Waals surface area contributed by atoms with Crippen molar-refractivity contribution in [2.45, 2.75) is 48.7 Å². The molecule has 0 radical (unpaired) electrons. The van der Waals surface area contributed by atoms with E-state index in [1.54, 1.807) is 18.3 Å². The summed E-state index contributed by atoms with van der Waals surface area (Å²) >= 11 is -0.187. The number of anilines is 1. The van der Waals surface area contributed by atoms with Gasteiger partial charge in [-0.3, -0.25) is 9.59 Å². The van der Waals surface area contributed by atoms with Crippen molar-refractivity contribution >= 4 is 34.8 Å². The molecule has 5 rings (SSSR count). The van der Waals surface area contributed by atoms with Crippen LogP contribution in [0.25, 0.3) is 5.52 Å². The van der Waals surface area contributed by atoms with E-state index in [0.717, 1.165) is 18.0 Å². The molecule has 3 N–H and O–H groups in total. The Kier molecular flexibility index (Phi) is 6.38. The number of amides is 2. The van der Waals surface area contributed by atoms with Crippen LogP contribution in [0.2, 0.25) is 0 Å². The van der Waals surface area contributed by atoms with Gasteiger partial charge in [-0.25, -0.2) is 0 Å². The van der Waals surface area contributed by atoms with Gasteiger partial charge in [0.25, 0.3) is 0 Å². The second kappa shape index (κ2) is 9.34. The van der Waals surface area contributed by atoms with Gasteiger partial charge < -0.3 is 20.4 Å². The summed E-state index contributed by atoms with van der Waals surface area (Å²) in [5.41, 5.74) is -2.74. The van der Waals surface area contributed by atoms with Crippen molar-refractivity contribution in [1.29, 1.82) is 0 Å². The molecule has 2 unspecified atom stereocenters. The van der Waals surface area contributed by atoms with Gasteiger partial charge >= 0.3 is 5.51 Å². The first-order valence-electron chi connectivity index (χ1n) is 11.9. The molecule has 0 spiro atoms. The fourth-order valence-electron chi connectivity index (χ4n) is 5.43. The molecule has 3 saturated carbocycles. The van der Waals surface area contributed by atoms with Crippen LogP contribution >= 0.6 is 11.8 Å². The maximum Gasteiger partial charge on any atom is 0.447 e. The summed E-state index contributed by atoms with van der Waals surface area (Å²) < 4.78 is 41.7. The number of fused-ring (bicyclic) bond motifs is 2. The predicted molar refractivity (Wildman–Crippen MR) is 128 cm³/mol. The lowest BCUT2D eigenvalue weighted by atomic mass is 9.75. The van der Waals surface area contributed by atoms with Crippen LogP contribution in [0.5, 0.6) is 0 Å². The quantitative estimate of drug-likeness (QED) is 0.411. The highest BCUT2D eigenvalue weighted by molar-refractivity contribution is 8.00. The SMILES string of the molecule is CNC(=O)C1C[C@@H]1C(=O)NCC#Cc1cc2c(N[C@@H]3CCC4CC[C@@H]43)cccn2c1SC(F)(F)F. The Morgan fingerprint density at radius 2 is 1.94 bits per heavy atom. The van der Waals surface area contributed by atoms with Crippen LogP contribution in [-0.4, -0.2) is 41.4 Å². The minimum Gasteiger partial charge on any atom is -0.380 e. The van der Waals surface area contributed by atoms with E-state index < -0.39 is 5.51 Å². The monoisotopic (exact) mass is 504 g/mol. The van der Waals surface area contributed by atoms with Gasteiger partial charge in [-0.2, -0.15) is 13.2 Å². The third-order valence-corrected chi connectivity index (χ3v) is 8.28. The smallest absolute Gasteiger partial charge is 0.380 e. The minimum atomic E-state index is -4.46. The first-order valence-corrected chi connectivity index (χ1v) is 12.7. The highest BCUT2D eigenvalue weighted by atomic mass is 32.2. The van der Waals surface area contributed by atoms with E-state index in [1.165, 1.54) is 30.7 Å².